The van der Waals surface area contributed by atoms with Crippen LogP contribution in [-0.4, -0.2) is 17.2 Å². The van der Waals surface area contributed by atoms with Crippen LogP contribution in [0, 0.1) is 0 Å². The van der Waals surface area contributed by atoms with Crippen molar-refractivity contribution < 1.29 is 10.0 Å². The summed E-state index contributed by atoms with van der Waals surface area (Å²) in [4.78, 5) is 0. The van der Waals surface area contributed by atoms with Crippen molar-refractivity contribution in [2.24, 2.45) is 0 Å². The summed E-state index contributed by atoms with van der Waals surface area (Å²) >= 11 is 0. The van der Waals surface area contributed by atoms with E-state index in [1.807, 2.05) is 6.07 Å². The Morgan fingerprint density at radius 1 is 1.36 bits per heavy atom. The first-order chi connectivity index (χ1) is 6.65. The van der Waals surface area contributed by atoms with Crippen molar-refractivity contribution in [1.82, 2.24) is 0 Å². The highest BCUT2D eigenvalue weighted by Gasteiger charge is 2.11. The van der Waals surface area contributed by atoms with Crippen molar-refractivity contribution in [1.29, 1.82) is 0 Å². The average molecular weight is 193 g/mol. The fraction of sp³-hybridized carbons (Fsp3) is 0.400. The monoisotopic (exact) mass is 193 g/mol. The number of nitrogen functional groups attached to an aromatic ring is 1. The minimum atomic E-state index is -1.43. The molecule has 1 rings (SSSR count). The third kappa shape index (κ3) is 2.75. The van der Waals surface area contributed by atoms with Crippen molar-refractivity contribution in [2.45, 2.75) is 26.2 Å². The Bertz CT molecular complexity index is 302. The van der Waals surface area contributed by atoms with Gasteiger partial charge in [-0.15, -0.1) is 0 Å². The molecule has 0 amide bonds. The van der Waals surface area contributed by atoms with Crippen LogP contribution < -0.4 is 11.2 Å². The van der Waals surface area contributed by atoms with Crippen LogP contribution in [0.1, 0.15) is 25.3 Å². The normalized spacial score (nSPS) is 10.2. The Morgan fingerprint density at radius 3 is 2.57 bits per heavy atom. The van der Waals surface area contributed by atoms with Crippen molar-refractivity contribution in [3.05, 3.63) is 23.8 Å². The fourth-order valence-electron chi connectivity index (χ4n) is 1.37. The second kappa shape index (κ2) is 5.03. The number of rotatable bonds is 4. The predicted molar refractivity (Wildman–Crippen MR) is 59.3 cm³/mol. The summed E-state index contributed by atoms with van der Waals surface area (Å²) in [6, 6.07) is 5.18. The summed E-state index contributed by atoms with van der Waals surface area (Å²) in [5.74, 6) is 0. The van der Waals surface area contributed by atoms with E-state index in [2.05, 4.69) is 6.92 Å². The molecular formula is C10H16BNO2. The second-order valence-corrected chi connectivity index (χ2v) is 3.44. The summed E-state index contributed by atoms with van der Waals surface area (Å²) in [5.41, 5.74) is 7.95. The number of unbranched alkanes of at least 4 members (excludes halogenated alkanes) is 1. The molecule has 0 aromatic heterocycles. The van der Waals surface area contributed by atoms with Gasteiger partial charge in [-0.1, -0.05) is 25.5 Å². The molecule has 0 radical (unpaired) electrons. The Labute approximate surface area is 84.7 Å². The predicted octanol–water partition coefficient (Wildman–Crippen LogP) is 0.291. The van der Waals surface area contributed by atoms with Crippen LogP contribution in [0.2, 0.25) is 0 Å². The SMILES string of the molecule is CCCCc1ccc(B(O)O)cc1N. The maximum Gasteiger partial charge on any atom is 0.488 e. The molecule has 0 heterocycles. The van der Waals surface area contributed by atoms with Gasteiger partial charge in [-0.3, -0.25) is 0 Å². The Kier molecular flexibility index (Phi) is 3.98. The summed E-state index contributed by atoms with van der Waals surface area (Å²) in [5, 5.41) is 17.8. The zero-order valence-corrected chi connectivity index (χ0v) is 8.40. The molecule has 0 fully saturated rings. The zero-order valence-electron chi connectivity index (χ0n) is 8.40. The highest BCUT2D eigenvalue weighted by Crippen LogP contribution is 2.12. The largest absolute Gasteiger partial charge is 0.488 e. The molecule has 3 nitrogen and oxygen atoms in total. The van der Waals surface area contributed by atoms with Crippen LogP contribution in [-0.2, 0) is 6.42 Å². The van der Waals surface area contributed by atoms with Gasteiger partial charge in [0.2, 0.25) is 0 Å². The molecule has 0 aliphatic heterocycles. The van der Waals surface area contributed by atoms with Crippen molar-refractivity contribution >= 4 is 18.3 Å². The topological polar surface area (TPSA) is 66.5 Å². The summed E-state index contributed by atoms with van der Waals surface area (Å²) in [6.07, 6.45) is 3.18. The van der Waals surface area contributed by atoms with Gasteiger partial charge in [0.1, 0.15) is 0 Å². The third-order valence-electron chi connectivity index (χ3n) is 2.27. The van der Waals surface area contributed by atoms with Gasteiger partial charge in [0.25, 0.3) is 0 Å². The quantitative estimate of drug-likeness (QED) is 0.475. The molecular weight excluding hydrogens is 177 g/mol. The zero-order chi connectivity index (χ0) is 10.6. The van der Waals surface area contributed by atoms with Gasteiger partial charge in [0.05, 0.1) is 0 Å². The molecule has 76 valence electrons. The number of hydrogen-bond acceptors (Lipinski definition) is 3. The van der Waals surface area contributed by atoms with E-state index in [1.165, 1.54) is 0 Å². The summed E-state index contributed by atoms with van der Waals surface area (Å²) < 4.78 is 0. The highest BCUT2D eigenvalue weighted by atomic mass is 16.4. The second-order valence-electron chi connectivity index (χ2n) is 3.44. The van der Waals surface area contributed by atoms with Crippen LogP contribution >= 0.6 is 0 Å². The van der Waals surface area contributed by atoms with Gasteiger partial charge >= 0.3 is 7.12 Å². The van der Waals surface area contributed by atoms with E-state index in [0.29, 0.717) is 11.2 Å². The van der Waals surface area contributed by atoms with Gasteiger partial charge in [0.15, 0.2) is 0 Å². The van der Waals surface area contributed by atoms with E-state index in [1.54, 1.807) is 12.1 Å². The molecule has 0 saturated heterocycles. The highest BCUT2D eigenvalue weighted by molar-refractivity contribution is 6.58. The lowest BCUT2D eigenvalue weighted by atomic mass is 9.79. The molecule has 0 aliphatic carbocycles. The number of benzene rings is 1. The van der Waals surface area contributed by atoms with E-state index in [-0.39, 0.29) is 0 Å². The fourth-order valence-corrected chi connectivity index (χ4v) is 1.37. The van der Waals surface area contributed by atoms with Gasteiger partial charge in [-0.25, -0.2) is 0 Å². The van der Waals surface area contributed by atoms with E-state index in [4.69, 9.17) is 15.8 Å². The van der Waals surface area contributed by atoms with Crippen molar-refractivity contribution in [3.8, 4) is 0 Å². The first-order valence-corrected chi connectivity index (χ1v) is 4.89. The molecule has 0 spiro atoms. The molecule has 1 aromatic rings. The molecule has 0 aliphatic rings. The van der Waals surface area contributed by atoms with Gasteiger partial charge in [0, 0.05) is 5.69 Å². The summed E-state index contributed by atoms with van der Waals surface area (Å²) in [7, 11) is -1.43. The Balaban J connectivity index is 2.79. The first-order valence-electron chi connectivity index (χ1n) is 4.89. The van der Waals surface area contributed by atoms with Gasteiger partial charge in [-0.2, -0.15) is 0 Å². The minimum absolute atomic E-state index is 0.447. The smallest absolute Gasteiger partial charge is 0.423 e. The molecule has 4 N–H and O–H groups in total. The molecule has 1 aromatic carbocycles. The van der Waals surface area contributed by atoms with E-state index in [9.17, 15) is 0 Å². The lowest BCUT2D eigenvalue weighted by molar-refractivity contribution is 0.426. The van der Waals surface area contributed by atoms with E-state index in [0.717, 1.165) is 24.8 Å². The van der Waals surface area contributed by atoms with Crippen LogP contribution in [0.4, 0.5) is 5.69 Å². The molecule has 14 heavy (non-hydrogen) atoms. The lowest BCUT2D eigenvalue weighted by Gasteiger charge is -2.07. The van der Waals surface area contributed by atoms with E-state index >= 15 is 0 Å². The van der Waals surface area contributed by atoms with Crippen LogP contribution in [0.25, 0.3) is 0 Å². The van der Waals surface area contributed by atoms with Gasteiger partial charge < -0.3 is 15.8 Å². The molecule has 0 bridgehead atoms. The Hall–Kier alpha value is -0.995. The maximum atomic E-state index is 8.92. The average Bonchev–Trinajstić information content (AvgIpc) is 2.15. The minimum Gasteiger partial charge on any atom is -0.423 e. The standard InChI is InChI=1S/C10H16BNO2/c1-2-3-4-8-5-6-9(11(13)14)7-10(8)12/h5-7,13-14H,2-4,12H2,1H3. The number of hydrogen-bond donors (Lipinski definition) is 3. The Morgan fingerprint density at radius 2 is 2.07 bits per heavy atom. The van der Waals surface area contributed by atoms with Gasteiger partial charge in [-0.05, 0) is 29.9 Å². The van der Waals surface area contributed by atoms with Crippen LogP contribution in [0.3, 0.4) is 0 Å². The number of anilines is 1. The van der Waals surface area contributed by atoms with Crippen molar-refractivity contribution in [2.75, 3.05) is 5.73 Å². The number of aryl methyl sites for hydroxylation is 1. The third-order valence-corrected chi connectivity index (χ3v) is 2.27. The van der Waals surface area contributed by atoms with Crippen LogP contribution in [0.15, 0.2) is 18.2 Å². The molecule has 0 unspecified atom stereocenters. The summed E-state index contributed by atoms with van der Waals surface area (Å²) in [6.45, 7) is 2.13. The molecule has 4 heteroatoms. The first kappa shape index (κ1) is 11.1. The van der Waals surface area contributed by atoms with Crippen molar-refractivity contribution in [3.63, 3.8) is 0 Å². The lowest BCUT2D eigenvalue weighted by Crippen LogP contribution is -2.30. The number of nitrogens with two attached hydrogens (primary N) is 1. The van der Waals surface area contributed by atoms with E-state index < -0.39 is 7.12 Å². The van der Waals surface area contributed by atoms with Crippen LogP contribution in [0.5, 0.6) is 0 Å². The molecule has 0 saturated carbocycles. The molecule has 0 atom stereocenters. The maximum absolute atomic E-state index is 8.92.